The molecule has 6 heteroatoms. The number of likely N-dealkylation sites (N-methyl/N-ethyl adjacent to an activating group) is 1. The van der Waals surface area contributed by atoms with Crippen molar-refractivity contribution in [2.45, 2.75) is 25.5 Å². The third-order valence-electron chi connectivity index (χ3n) is 2.90. The molecular weight excluding hydrogens is 262 g/mol. The first kappa shape index (κ1) is 16.3. The van der Waals surface area contributed by atoms with Crippen molar-refractivity contribution in [2.75, 3.05) is 45.5 Å². The summed E-state index contributed by atoms with van der Waals surface area (Å²) < 4.78 is 0.0685. The number of nitrogens with one attached hydrogen (secondary N) is 1. The van der Waals surface area contributed by atoms with Gasteiger partial charge in [-0.1, -0.05) is 20.8 Å². The summed E-state index contributed by atoms with van der Waals surface area (Å²) >= 11 is 1.61. The van der Waals surface area contributed by atoms with Gasteiger partial charge in [-0.25, -0.2) is 0 Å². The van der Waals surface area contributed by atoms with Gasteiger partial charge in [-0.15, -0.1) is 11.8 Å². The molecule has 0 aromatic rings. The predicted octanol–water partition coefficient (Wildman–Crippen LogP) is 0.408. The smallest absolute Gasteiger partial charge is 0.242 e. The number of carbonyl (C=O) groups excluding carboxylic acids is 2. The molecule has 5 nitrogen and oxygen atoms in total. The van der Waals surface area contributed by atoms with Crippen LogP contribution >= 0.6 is 11.8 Å². The quantitative estimate of drug-likeness (QED) is 0.814. The highest BCUT2D eigenvalue weighted by Crippen LogP contribution is 2.22. The first-order valence-electron chi connectivity index (χ1n) is 6.66. The number of amides is 2. The molecule has 2 amide bonds. The molecule has 1 saturated heterocycles. The van der Waals surface area contributed by atoms with E-state index in [1.807, 2.05) is 4.90 Å². The van der Waals surface area contributed by atoms with Crippen molar-refractivity contribution >= 4 is 23.6 Å². The number of thioether (sulfide) groups is 1. The lowest BCUT2D eigenvalue weighted by Crippen LogP contribution is -2.50. The van der Waals surface area contributed by atoms with E-state index in [4.69, 9.17) is 0 Å². The van der Waals surface area contributed by atoms with Gasteiger partial charge in [0.2, 0.25) is 11.8 Å². The summed E-state index contributed by atoms with van der Waals surface area (Å²) in [6, 6.07) is 0. The average Bonchev–Trinajstić information content (AvgIpc) is 2.36. The maximum Gasteiger partial charge on any atom is 0.242 e. The van der Waals surface area contributed by atoms with Crippen LogP contribution in [0.3, 0.4) is 0 Å². The van der Waals surface area contributed by atoms with Crippen molar-refractivity contribution in [1.29, 1.82) is 0 Å². The molecule has 19 heavy (non-hydrogen) atoms. The fourth-order valence-corrected chi connectivity index (χ4v) is 2.47. The van der Waals surface area contributed by atoms with E-state index in [2.05, 4.69) is 26.1 Å². The van der Waals surface area contributed by atoms with E-state index in [1.54, 1.807) is 18.8 Å². The highest BCUT2D eigenvalue weighted by atomic mass is 32.2. The van der Waals surface area contributed by atoms with E-state index in [9.17, 15) is 9.59 Å². The fourth-order valence-electron chi connectivity index (χ4n) is 1.69. The molecule has 1 N–H and O–H groups in total. The SMILES string of the molecule is CN(CC(=O)N1CCNCC1)C(=O)CSC(C)(C)C. The molecule has 0 bridgehead atoms. The van der Waals surface area contributed by atoms with Crippen LogP contribution in [0.2, 0.25) is 0 Å². The Morgan fingerprint density at radius 3 is 2.37 bits per heavy atom. The van der Waals surface area contributed by atoms with Gasteiger partial charge in [0.15, 0.2) is 0 Å². The minimum Gasteiger partial charge on any atom is -0.339 e. The minimum atomic E-state index is 0.0170. The second kappa shape index (κ2) is 7.14. The van der Waals surface area contributed by atoms with Gasteiger partial charge < -0.3 is 15.1 Å². The van der Waals surface area contributed by atoms with Crippen molar-refractivity contribution in [3.05, 3.63) is 0 Å². The number of rotatable bonds is 4. The molecule has 0 atom stereocenters. The lowest BCUT2D eigenvalue weighted by atomic mass is 10.3. The molecule has 1 aliphatic rings. The Bertz CT molecular complexity index is 322. The number of carbonyl (C=O) groups is 2. The maximum atomic E-state index is 12.0. The molecule has 0 spiro atoms. The van der Waals surface area contributed by atoms with Gasteiger partial charge in [0.25, 0.3) is 0 Å². The fraction of sp³-hybridized carbons (Fsp3) is 0.846. The van der Waals surface area contributed by atoms with Gasteiger partial charge >= 0.3 is 0 Å². The van der Waals surface area contributed by atoms with Crippen molar-refractivity contribution in [1.82, 2.24) is 15.1 Å². The molecule has 0 unspecified atom stereocenters. The summed E-state index contributed by atoms with van der Waals surface area (Å²) in [5, 5.41) is 3.20. The molecule has 1 fully saturated rings. The number of piperazine rings is 1. The topological polar surface area (TPSA) is 52.7 Å². The first-order valence-corrected chi connectivity index (χ1v) is 7.64. The van der Waals surface area contributed by atoms with Gasteiger partial charge in [-0.2, -0.15) is 0 Å². The summed E-state index contributed by atoms with van der Waals surface area (Å²) in [5.41, 5.74) is 0. The van der Waals surface area contributed by atoms with Gasteiger partial charge in [0.05, 0.1) is 12.3 Å². The summed E-state index contributed by atoms with van der Waals surface area (Å²) in [6.45, 7) is 9.57. The number of hydrogen-bond donors (Lipinski definition) is 1. The van der Waals surface area contributed by atoms with Crippen LogP contribution < -0.4 is 5.32 Å². The average molecular weight is 287 g/mol. The van der Waals surface area contributed by atoms with Crippen LogP contribution in [-0.2, 0) is 9.59 Å². The summed E-state index contributed by atoms with van der Waals surface area (Å²) in [4.78, 5) is 27.3. The van der Waals surface area contributed by atoms with Gasteiger partial charge in [0, 0.05) is 38.0 Å². The van der Waals surface area contributed by atoms with Crippen LogP contribution in [0.4, 0.5) is 0 Å². The Labute approximate surface area is 120 Å². The largest absolute Gasteiger partial charge is 0.339 e. The van der Waals surface area contributed by atoms with E-state index < -0.39 is 0 Å². The minimum absolute atomic E-state index is 0.0170. The molecule has 0 aliphatic carbocycles. The van der Waals surface area contributed by atoms with E-state index in [0.29, 0.717) is 5.75 Å². The van der Waals surface area contributed by atoms with Gasteiger partial charge in [-0.05, 0) is 0 Å². The van der Waals surface area contributed by atoms with E-state index in [1.165, 1.54) is 4.90 Å². The molecule has 0 aromatic carbocycles. The normalized spacial score (nSPS) is 16.3. The lowest BCUT2D eigenvalue weighted by molar-refractivity contribution is -0.138. The predicted molar refractivity (Wildman–Crippen MR) is 79.3 cm³/mol. The zero-order valence-corrected chi connectivity index (χ0v) is 13.2. The van der Waals surface area contributed by atoms with Crippen molar-refractivity contribution in [2.24, 2.45) is 0 Å². The van der Waals surface area contributed by atoms with Crippen LogP contribution in [0.25, 0.3) is 0 Å². The van der Waals surface area contributed by atoms with Crippen LogP contribution in [-0.4, -0.2) is 71.9 Å². The monoisotopic (exact) mass is 287 g/mol. The highest BCUT2D eigenvalue weighted by Gasteiger charge is 2.21. The van der Waals surface area contributed by atoms with Crippen molar-refractivity contribution in [3.8, 4) is 0 Å². The zero-order chi connectivity index (χ0) is 14.5. The van der Waals surface area contributed by atoms with Crippen LogP contribution in [0.5, 0.6) is 0 Å². The molecule has 0 aromatic heterocycles. The molecule has 0 saturated carbocycles. The third kappa shape index (κ3) is 6.29. The van der Waals surface area contributed by atoms with Gasteiger partial charge in [-0.3, -0.25) is 9.59 Å². The molecule has 1 rings (SSSR count). The van der Waals surface area contributed by atoms with Crippen LogP contribution in [0.15, 0.2) is 0 Å². The van der Waals surface area contributed by atoms with Crippen LogP contribution in [0.1, 0.15) is 20.8 Å². The van der Waals surface area contributed by atoms with Gasteiger partial charge in [0.1, 0.15) is 0 Å². The maximum absolute atomic E-state index is 12.0. The third-order valence-corrected chi connectivity index (χ3v) is 4.15. The Balaban J connectivity index is 2.34. The summed E-state index contributed by atoms with van der Waals surface area (Å²) in [6.07, 6.45) is 0. The highest BCUT2D eigenvalue weighted by molar-refractivity contribution is 8.01. The summed E-state index contributed by atoms with van der Waals surface area (Å²) in [7, 11) is 1.70. The molecule has 1 heterocycles. The first-order chi connectivity index (χ1) is 8.79. The van der Waals surface area contributed by atoms with Crippen LogP contribution in [0, 0.1) is 0 Å². The zero-order valence-electron chi connectivity index (χ0n) is 12.4. The van der Waals surface area contributed by atoms with Crippen molar-refractivity contribution < 1.29 is 9.59 Å². The Morgan fingerprint density at radius 2 is 1.84 bits per heavy atom. The summed E-state index contributed by atoms with van der Waals surface area (Å²) in [5.74, 6) is 0.482. The molecule has 1 aliphatic heterocycles. The van der Waals surface area contributed by atoms with E-state index >= 15 is 0 Å². The number of nitrogens with zero attached hydrogens (tertiary/aromatic N) is 2. The molecule has 110 valence electrons. The van der Waals surface area contributed by atoms with E-state index in [0.717, 1.165) is 26.2 Å². The second-order valence-corrected chi connectivity index (χ2v) is 7.58. The van der Waals surface area contributed by atoms with E-state index in [-0.39, 0.29) is 23.1 Å². The standard InChI is InChI=1S/C13H25N3O2S/c1-13(2,3)19-10-12(18)15(4)9-11(17)16-7-5-14-6-8-16/h14H,5-10H2,1-4H3. The van der Waals surface area contributed by atoms with Crippen molar-refractivity contribution in [3.63, 3.8) is 0 Å². The Kier molecular flexibility index (Phi) is 6.13. The lowest BCUT2D eigenvalue weighted by Gasteiger charge is -2.29. The Morgan fingerprint density at radius 1 is 1.26 bits per heavy atom. The molecular formula is C13H25N3O2S. The molecule has 0 radical (unpaired) electrons. The second-order valence-electron chi connectivity index (χ2n) is 5.78. The number of hydrogen-bond acceptors (Lipinski definition) is 4. The Hall–Kier alpha value is -0.750.